The number of nitrogens with two attached hydrogens (primary N) is 1. The quantitative estimate of drug-likeness (QED) is 0.620. The molecular formula is C10H16N4O3. The van der Waals surface area contributed by atoms with Crippen molar-refractivity contribution in [1.82, 2.24) is 15.5 Å². The number of nitrogens with one attached hydrogen (secondary N) is 1. The van der Waals surface area contributed by atoms with Gasteiger partial charge in [0.2, 0.25) is 0 Å². The van der Waals surface area contributed by atoms with Crippen molar-refractivity contribution >= 4 is 11.7 Å². The Bertz CT molecular complexity index is 342. The molecule has 0 radical (unpaired) electrons. The molecule has 0 aliphatic rings. The van der Waals surface area contributed by atoms with E-state index in [1.807, 2.05) is 0 Å². The number of methoxy groups -OCH3 is 1. The molecule has 7 nitrogen and oxygen atoms in total. The maximum Gasteiger partial charge on any atom is 0.271 e. The molecule has 1 rings (SSSR count). The Hall–Kier alpha value is -1.73. The number of anilines is 1. The number of aromatic nitrogens is 2. The zero-order valence-corrected chi connectivity index (χ0v) is 9.68. The van der Waals surface area contributed by atoms with Crippen LogP contribution in [0.5, 0.6) is 0 Å². The van der Waals surface area contributed by atoms with Gasteiger partial charge in [-0.15, -0.1) is 10.2 Å². The highest BCUT2D eigenvalue weighted by atomic mass is 16.5. The van der Waals surface area contributed by atoms with Gasteiger partial charge in [0.05, 0.1) is 19.8 Å². The second-order valence-corrected chi connectivity index (χ2v) is 3.20. The van der Waals surface area contributed by atoms with E-state index >= 15 is 0 Å². The Kier molecular flexibility index (Phi) is 5.91. The number of carbonyl (C=O) groups excluding carboxylic acids is 1. The largest absolute Gasteiger partial charge is 0.382 e. The topological polar surface area (TPSA) is 99.4 Å². The predicted molar refractivity (Wildman–Crippen MR) is 61.5 cm³/mol. The van der Waals surface area contributed by atoms with Crippen LogP contribution in [0.2, 0.25) is 0 Å². The molecule has 1 aromatic rings. The van der Waals surface area contributed by atoms with Crippen molar-refractivity contribution in [3.05, 3.63) is 17.8 Å². The van der Waals surface area contributed by atoms with Crippen LogP contribution in [-0.2, 0) is 9.47 Å². The van der Waals surface area contributed by atoms with E-state index in [9.17, 15) is 4.79 Å². The van der Waals surface area contributed by atoms with Crippen LogP contribution in [0, 0.1) is 0 Å². The summed E-state index contributed by atoms with van der Waals surface area (Å²) in [5.74, 6) is -0.0164. The van der Waals surface area contributed by atoms with Gasteiger partial charge in [-0.1, -0.05) is 0 Å². The van der Waals surface area contributed by atoms with Gasteiger partial charge in [-0.2, -0.15) is 0 Å². The van der Waals surface area contributed by atoms with E-state index < -0.39 is 0 Å². The van der Waals surface area contributed by atoms with Crippen LogP contribution in [0.4, 0.5) is 5.82 Å². The van der Waals surface area contributed by atoms with Gasteiger partial charge < -0.3 is 20.5 Å². The Labute approximate surface area is 99.3 Å². The number of carbonyl (C=O) groups is 1. The van der Waals surface area contributed by atoms with E-state index in [0.717, 1.165) is 0 Å². The van der Waals surface area contributed by atoms with E-state index in [4.69, 9.17) is 15.2 Å². The van der Waals surface area contributed by atoms with Gasteiger partial charge in [0.25, 0.3) is 5.91 Å². The summed E-state index contributed by atoms with van der Waals surface area (Å²) in [5, 5.41) is 9.89. The van der Waals surface area contributed by atoms with E-state index in [1.54, 1.807) is 7.11 Å². The molecule has 0 aliphatic carbocycles. The molecule has 0 saturated heterocycles. The van der Waals surface area contributed by atoms with E-state index in [1.165, 1.54) is 12.1 Å². The molecule has 0 fully saturated rings. The minimum atomic E-state index is -0.298. The molecule has 1 amide bonds. The van der Waals surface area contributed by atoms with Crippen LogP contribution in [0.15, 0.2) is 12.1 Å². The summed E-state index contributed by atoms with van der Waals surface area (Å²) in [6.45, 7) is 1.89. The average Bonchev–Trinajstić information content (AvgIpc) is 2.34. The molecule has 0 spiro atoms. The number of hydrogen-bond acceptors (Lipinski definition) is 6. The number of nitrogens with zero attached hydrogens (tertiary/aromatic N) is 2. The molecule has 0 atom stereocenters. The molecule has 0 saturated carbocycles. The third-order valence-corrected chi connectivity index (χ3v) is 1.88. The highest BCUT2D eigenvalue weighted by molar-refractivity contribution is 5.92. The van der Waals surface area contributed by atoms with E-state index in [0.29, 0.717) is 26.4 Å². The lowest BCUT2D eigenvalue weighted by molar-refractivity contribution is 0.0691. The van der Waals surface area contributed by atoms with Gasteiger partial charge in [0, 0.05) is 13.7 Å². The molecule has 0 aliphatic heterocycles. The van der Waals surface area contributed by atoms with Gasteiger partial charge >= 0.3 is 0 Å². The van der Waals surface area contributed by atoms with Crippen LogP contribution in [0.25, 0.3) is 0 Å². The highest BCUT2D eigenvalue weighted by Crippen LogP contribution is 1.96. The van der Waals surface area contributed by atoms with Crippen molar-refractivity contribution in [2.24, 2.45) is 0 Å². The third-order valence-electron chi connectivity index (χ3n) is 1.88. The first-order valence-corrected chi connectivity index (χ1v) is 5.18. The van der Waals surface area contributed by atoms with Crippen molar-refractivity contribution in [2.75, 3.05) is 39.2 Å². The number of hydrogen-bond donors (Lipinski definition) is 2. The second-order valence-electron chi connectivity index (χ2n) is 3.20. The van der Waals surface area contributed by atoms with Gasteiger partial charge in [-0.25, -0.2) is 0 Å². The normalized spacial score (nSPS) is 10.2. The Morgan fingerprint density at radius 1 is 1.35 bits per heavy atom. The van der Waals surface area contributed by atoms with Gasteiger partial charge in [-0.3, -0.25) is 4.79 Å². The molecule has 17 heavy (non-hydrogen) atoms. The fraction of sp³-hybridized carbons (Fsp3) is 0.500. The lowest BCUT2D eigenvalue weighted by Gasteiger charge is -2.05. The first kappa shape index (κ1) is 13.3. The second kappa shape index (κ2) is 7.53. The van der Waals surface area contributed by atoms with Crippen LogP contribution < -0.4 is 11.1 Å². The van der Waals surface area contributed by atoms with E-state index in [-0.39, 0.29) is 17.4 Å². The molecule has 3 N–H and O–H groups in total. The monoisotopic (exact) mass is 240 g/mol. The molecule has 7 heteroatoms. The Morgan fingerprint density at radius 3 is 2.82 bits per heavy atom. The summed E-state index contributed by atoms with van der Waals surface area (Å²) in [5.41, 5.74) is 5.59. The Balaban J connectivity index is 2.19. The van der Waals surface area contributed by atoms with Crippen LogP contribution in [-0.4, -0.2) is 49.6 Å². The first-order valence-electron chi connectivity index (χ1n) is 5.18. The summed E-state index contributed by atoms with van der Waals surface area (Å²) in [6, 6.07) is 3.04. The number of ether oxygens (including phenoxy) is 2. The maximum atomic E-state index is 11.5. The van der Waals surface area contributed by atoms with Gasteiger partial charge in [0.15, 0.2) is 5.69 Å². The third kappa shape index (κ3) is 5.23. The Morgan fingerprint density at radius 2 is 2.18 bits per heavy atom. The zero-order valence-electron chi connectivity index (χ0n) is 9.68. The zero-order chi connectivity index (χ0) is 12.5. The smallest absolute Gasteiger partial charge is 0.271 e. The number of rotatable bonds is 7. The van der Waals surface area contributed by atoms with Crippen molar-refractivity contribution in [3.8, 4) is 0 Å². The minimum Gasteiger partial charge on any atom is -0.382 e. The fourth-order valence-electron chi connectivity index (χ4n) is 1.04. The highest BCUT2D eigenvalue weighted by Gasteiger charge is 2.06. The van der Waals surface area contributed by atoms with E-state index in [2.05, 4.69) is 15.5 Å². The van der Waals surface area contributed by atoms with Crippen LogP contribution >= 0.6 is 0 Å². The van der Waals surface area contributed by atoms with Crippen molar-refractivity contribution in [3.63, 3.8) is 0 Å². The first-order chi connectivity index (χ1) is 8.24. The summed E-state index contributed by atoms with van der Waals surface area (Å²) in [7, 11) is 1.60. The molecule has 1 aromatic heterocycles. The summed E-state index contributed by atoms with van der Waals surface area (Å²) >= 11 is 0. The molecule has 1 heterocycles. The standard InChI is InChI=1S/C10H16N4O3/c1-16-6-7-17-5-4-12-10(15)8-2-3-9(11)14-13-8/h2-3H,4-7H2,1H3,(H2,11,14)(H,12,15). The lowest BCUT2D eigenvalue weighted by atomic mass is 10.3. The average molecular weight is 240 g/mol. The van der Waals surface area contributed by atoms with Crippen LogP contribution in [0.1, 0.15) is 10.5 Å². The molecule has 94 valence electrons. The number of nitrogen functional groups attached to an aromatic ring is 1. The van der Waals surface area contributed by atoms with Gasteiger partial charge in [0.1, 0.15) is 5.82 Å². The summed E-state index contributed by atoms with van der Waals surface area (Å²) in [4.78, 5) is 11.5. The van der Waals surface area contributed by atoms with Crippen molar-refractivity contribution in [2.45, 2.75) is 0 Å². The summed E-state index contributed by atoms with van der Waals surface area (Å²) < 4.78 is 9.99. The van der Waals surface area contributed by atoms with Crippen molar-refractivity contribution < 1.29 is 14.3 Å². The molecule has 0 aromatic carbocycles. The predicted octanol–water partition coefficient (Wildman–Crippen LogP) is -0.548. The molecule has 0 bridgehead atoms. The minimum absolute atomic E-state index is 0.232. The van der Waals surface area contributed by atoms with Gasteiger partial charge in [-0.05, 0) is 12.1 Å². The van der Waals surface area contributed by atoms with Crippen molar-refractivity contribution in [1.29, 1.82) is 0 Å². The maximum absolute atomic E-state index is 11.5. The van der Waals surface area contributed by atoms with Crippen LogP contribution in [0.3, 0.4) is 0 Å². The number of amides is 1. The lowest BCUT2D eigenvalue weighted by Crippen LogP contribution is -2.28. The molecule has 0 unspecified atom stereocenters. The SMILES string of the molecule is COCCOCCNC(=O)c1ccc(N)nn1. The summed E-state index contributed by atoms with van der Waals surface area (Å²) in [6.07, 6.45) is 0. The molecular weight excluding hydrogens is 224 g/mol. The fourth-order valence-corrected chi connectivity index (χ4v) is 1.04.